The molecule has 1 aromatic heterocycles. The van der Waals surface area contributed by atoms with Crippen LogP contribution in [0.4, 0.5) is 5.69 Å². The van der Waals surface area contributed by atoms with Gasteiger partial charge in [-0.2, -0.15) is 5.10 Å². The highest BCUT2D eigenvalue weighted by Gasteiger charge is 2.29. The van der Waals surface area contributed by atoms with Gasteiger partial charge >= 0.3 is 5.97 Å². The van der Waals surface area contributed by atoms with Crippen LogP contribution in [0, 0.1) is 0 Å². The van der Waals surface area contributed by atoms with Gasteiger partial charge in [0.1, 0.15) is 0 Å². The molecule has 0 spiro atoms. The zero-order valence-corrected chi connectivity index (χ0v) is 16.2. The highest BCUT2D eigenvalue weighted by atomic mass is 16.5. The summed E-state index contributed by atoms with van der Waals surface area (Å²) in [5, 5.41) is 7.21. The second kappa shape index (κ2) is 8.08. The molecule has 1 heterocycles. The molecule has 6 heteroatoms. The predicted molar refractivity (Wildman–Crippen MR) is 108 cm³/mol. The molecule has 0 radical (unpaired) electrons. The molecule has 1 amide bonds. The van der Waals surface area contributed by atoms with Gasteiger partial charge in [-0.05, 0) is 50.6 Å². The van der Waals surface area contributed by atoms with Crippen molar-refractivity contribution in [2.75, 3.05) is 11.9 Å². The summed E-state index contributed by atoms with van der Waals surface area (Å²) in [5.41, 5.74) is 1.88. The number of anilines is 1. The van der Waals surface area contributed by atoms with E-state index in [9.17, 15) is 9.59 Å². The number of benzene rings is 2. The van der Waals surface area contributed by atoms with Gasteiger partial charge in [0.2, 0.25) is 5.91 Å². The van der Waals surface area contributed by atoms with E-state index >= 15 is 0 Å². The number of nitrogens with zero attached hydrogens (tertiary/aromatic N) is 2. The predicted octanol–water partition coefficient (Wildman–Crippen LogP) is 3.97. The molecule has 0 fully saturated rings. The van der Waals surface area contributed by atoms with Crippen molar-refractivity contribution in [1.82, 2.24) is 9.78 Å². The van der Waals surface area contributed by atoms with Crippen molar-refractivity contribution in [3.8, 4) is 5.69 Å². The van der Waals surface area contributed by atoms with E-state index in [-0.39, 0.29) is 11.6 Å². The Bertz CT molecular complexity index is 977. The topological polar surface area (TPSA) is 73.2 Å². The average Bonchev–Trinajstić information content (AvgIpc) is 3.19. The second-order valence-corrected chi connectivity index (χ2v) is 6.86. The molecule has 6 nitrogen and oxygen atoms in total. The van der Waals surface area contributed by atoms with Crippen LogP contribution >= 0.6 is 0 Å². The van der Waals surface area contributed by atoms with Crippen LogP contribution in [0.25, 0.3) is 5.69 Å². The van der Waals surface area contributed by atoms with Crippen molar-refractivity contribution >= 4 is 17.6 Å². The first-order valence-electron chi connectivity index (χ1n) is 9.12. The van der Waals surface area contributed by atoms with Crippen LogP contribution in [0.1, 0.15) is 36.8 Å². The van der Waals surface area contributed by atoms with E-state index in [1.165, 1.54) is 0 Å². The van der Waals surface area contributed by atoms with E-state index in [4.69, 9.17) is 4.74 Å². The molecular weight excluding hydrogens is 354 g/mol. The van der Waals surface area contributed by atoms with Crippen LogP contribution in [0.3, 0.4) is 0 Å². The minimum atomic E-state index is -0.681. The Morgan fingerprint density at radius 1 is 1.07 bits per heavy atom. The smallest absolute Gasteiger partial charge is 0.358 e. The third kappa shape index (κ3) is 4.11. The summed E-state index contributed by atoms with van der Waals surface area (Å²) in [6.07, 6.45) is 1.68. The van der Waals surface area contributed by atoms with Gasteiger partial charge in [-0.25, -0.2) is 9.48 Å². The molecular formula is C22H23N3O3. The standard InChI is InChI=1S/C22H23N3O3/c1-4-28-20(26)19-13-14-25(24-19)18-12-8-11-17(15-18)23-21(27)22(2,3)16-9-6-5-7-10-16/h5-15H,4H2,1-3H3,(H,23,27). The fourth-order valence-electron chi connectivity index (χ4n) is 2.78. The van der Waals surface area contributed by atoms with Gasteiger partial charge in [0, 0.05) is 11.9 Å². The lowest BCUT2D eigenvalue weighted by Crippen LogP contribution is -2.34. The molecule has 0 aliphatic carbocycles. The van der Waals surface area contributed by atoms with Gasteiger partial charge in [0.25, 0.3) is 0 Å². The van der Waals surface area contributed by atoms with Gasteiger partial charge in [0.05, 0.1) is 17.7 Å². The summed E-state index contributed by atoms with van der Waals surface area (Å²) in [6.45, 7) is 5.82. The summed E-state index contributed by atoms with van der Waals surface area (Å²) in [7, 11) is 0. The van der Waals surface area contributed by atoms with Crippen LogP contribution in [0.2, 0.25) is 0 Å². The summed E-state index contributed by atoms with van der Waals surface area (Å²) in [6, 6.07) is 18.5. The molecule has 0 atom stereocenters. The first-order valence-corrected chi connectivity index (χ1v) is 9.12. The molecule has 3 rings (SSSR count). The SMILES string of the molecule is CCOC(=O)c1ccn(-c2cccc(NC(=O)C(C)(C)c3ccccc3)c2)n1. The van der Waals surface area contributed by atoms with E-state index in [1.807, 2.05) is 62.4 Å². The number of rotatable bonds is 6. The quantitative estimate of drug-likeness (QED) is 0.660. The number of ether oxygens (including phenoxy) is 1. The molecule has 0 unspecified atom stereocenters. The third-order valence-corrected chi connectivity index (χ3v) is 4.51. The van der Waals surface area contributed by atoms with Gasteiger partial charge in [-0.1, -0.05) is 36.4 Å². The Hall–Kier alpha value is -3.41. The van der Waals surface area contributed by atoms with E-state index in [2.05, 4.69) is 10.4 Å². The fourth-order valence-corrected chi connectivity index (χ4v) is 2.78. The molecule has 144 valence electrons. The van der Waals surface area contributed by atoms with Crippen LogP contribution < -0.4 is 5.32 Å². The van der Waals surface area contributed by atoms with Crippen LogP contribution in [-0.2, 0) is 14.9 Å². The van der Waals surface area contributed by atoms with E-state index in [1.54, 1.807) is 29.9 Å². The highest BCUT2D eigenvalue weighted by Crippen LogP contribution is 2.25. The second-order valence-electron chi connectivity index (χ2n) is 6.86. The molecule has 2 aromatic carbocycles. The number of hydrogen-bond donors (Lipinski definition) is 1. The lowest BCUT2D eigenvalue weighted by Gasteiger charge is -2.24. The molecule has 0 aliphatic heterocycles. The molecule has 3 aromatic rings. The maximum Gasteiger partial charge on any atom is 0.358 e. The van der Waals surface area contributed by atoms with Gasteiger partial charge in [-0.15, -0.1) is 0 Å². The maximum absolute atomic E-state index is 12.9. The van der Waals surface area contributed by atoms with Gasteiger partial charge in [-0.3, -0.25) is 4.79 Å². The summed E-state index contributed by atoms with van der Waals surface area (Å²) >= 11 is 0. The van der Waals surface area contributed by atoms with Crippen molar-refractivity contribution in [3.63, 3.8) is 0 Å². The third-order valence-electron chi connectivity index (χ3n) is 4.51. The number of amides is 1. The molecule has 0 aliphatic rings. The number of aromatic nitrogens is 2. The number of esters is 1. The summed E-state index contributed by atoms with van der Waals surface area (Å²) < 4.78 is 6.53. The van der Waals surface area contributed by atoms with E-state index in [0.29, 0.717) is 12.3 Å². The van der Waals surface area contributed by atoms with E-state index < -0.39 is 11.4 Å². The Balaban J connectivity index is 1.78. The number of hydrogen-bond acceptors (Lipinski definition) is 4. The largest absolute Gasteiger partial charge is 0.461 e. The monoisotopic (exact) mass is 377 g/mol. The summed E-state index contributed by atoms with van der Waals surface area (Å²) in [4.78, 5) is 24.6. The van der Waals surface area contributed by atoms with Crippen LogP contribution in [0.5, 0.6) is 0 Å². The van der Waals surface area contributed by atoms with Gasteiger partial charge < -0.3 is 10.1 Å². The molecule has 0 saturated heterocycles. The van der Waals surface area contributed by atoms with Crippen molar-refractivity contribution in [2.24, 2.45) is 0 Å². The number of carbonyl (C=O) groups excluding carboxylic acids is 2. The molecule has 28 heavy (non-hydrogen) atoms. The summed E-state index contributed by atoms with van der Waals surface area (Å²) in [5.74, 6) is -0.571. The van der Waals surface area contributed by atoms with E-state index in [0.717, 1.165) is 11.3 Å². The fraction of sp³-hybridized carbons (Fsp3) is 0.227. The highest BCUT2D eigenvalue weighted by molar-refractivity contribution is 5.98. The first-order chi connectivity index (χ1) is 13.4. The zero-order chi connectivity index (χ0) is 20.1. The number of carbonyl (C=O) groups is 2. The molecule has 1 N–H and O–H groups in total. The molecule has 0 saturated carbocycles. The Morgan fingerprint density at radius 3 is 2.54 bits per heavy atom. The maximum atomic E-state index is 12.9. The minimum Gasteiger partial charge on any atom is -0.461 e. The Morgan fingerprint density at radius 2 is 1.82 bits per heavy atom. The molecule has 0 bridgehead atoms. The minimum absolute atomic E-state index is 0.108. The Labute approximate surface area is 164 Å². The normalized spacial score (nSPS) is 11.1. The van der Waals surface area contributed by atoms with Crippen molar-refractivity contribution < 1.29 is 14.3 Å². The Kier molecular flexibility index (Phi) is 5.59. The lowest BCUT2D eigenvalue weighted by molar-refractivity contribution is -0.120. The number of nitrogens with one attached hydrogen (secondary N) is 1. The van der Waals surface area contributed by atoms with Crippen molar-refractivity contribution in [2.45, 2.75) is 26.2 Å². The van der Waals surface area contributed by atoms with Crippen molar-refractivity contribution in [1.29, 1.82) is 0 Å². The zero-order valence-electron chi connectivity index (χ0n) is 16.2. The van der Waals surface area contributed by atoms with Crippen LogP contribution in [-0.4, -0.2) is 28.3 Å². The average molecular weight is 377 g/mol. The van der Waals surface area contributed by atoms with Crippen molar-refractivity contribution in [3.05, 3.63) is 78.1 Å². The lowest BCUT2D eigenvalue weighted by atomic mass is 9.83. The van der Waals surface area contributed by atoms with Gasteiger partial charge in [0.15, 0.2) is 5.69 Å². The van der Waals surface area contributed by atoms with Crippen LogP contribution in [0.15, 0.2) is 66.9 Å². The first kappa shape index (κ1) is 19.4.